The average Bonchev–Trinajstić information content (AvgIpc) is 2.58. The first-order valence-corrected chi connectivity index (χ1v) is 6.11. The molecule has 1 aliphatic carbocycles. The molecule has 2 unspecified atom stereocenters. The van der Waals surface area contributed by atoms with Crippen molar-refractivity contribution >= 4 is 5.96 Å². The van der Waals surface area contributed by atoms with Gasteiger partial charge in [0, 0.05) is 13.1 Å². The number of nitrogens with one attached hydrogen (secondary N) is 1. The van der Waals surface area contributed by atoms with Crippen LogP contribution in [0.25, 0.3) is 0 Å². The molecule has 1 aliphatic rings. The van der Waals surface area contributed by atoms with Crippen molar-refractivity contribution in [3.05, 3.63) is 0 Å². The van der Waals surface area contributed by atoms with Crippen LogP contribution in [-0.2, 0) is 0 Å². The quantitative estimate of drug-likeness (QED) is 0.552. The number of aliphatic imine (C=N–C) groups is 1. The minimum atomic E-state index is 0.580. The molecule has 2 atom stereocenters. The van der Waals surface area contributed by atoms with Crippen LogP contribution >= 0.6 is 0 Å². The molecule has 3 nitrogen and oxygen atoms in total. The van der Waals surface area contributed by atoms with Crippen LogP contribution in [0.2, 0.25) is 0 Å². The number of guanidine groups is 1. The van der Waals surface area contributed by atoms with Gasteiger partial charge in [0.2, 0.25) is 0 Å². The van der Waals surface area contributed by atoms with Gasteiger partial charge in [-0.3, -0.25) is 4.99 Å². The summed E-state index contributed by atoms with van der Waals surface area (Å²) < 4.78 is 0. The summed E-state index contributed by atoms with van der Waals surface area (Å²) in [6, 6.07) is 0. The molecule has 0 aromatic heterocycles. The Balaban J connectivity index is 2.16. The molecule has 0 aliphatic heterocycles. The summed E-state index contributed by atoms with van der Waals surface area (Å²) in [7, 11) is 0. The number of hydrogen-bond acceptors (Lipinski definition) is 1. The highest BCUT2D eigenvalue weighted by atomic mass is 15.1. The molecule has 0 aromatic carbocycles. The van der Waals surface area contributed by atoms with Crippen LogP contribution in [0, 0.1) is 17.8 Å². The maximum atomic E-state index is 5.77. The van der Waals surface area contributed by atoms with Gasteiger partial charge < -0.3 is 11.1 Å². The lowest BCUT2D eigenvalue weighted by Gasteiger charge is -2.11. The van der Waals surface area contributed by atoms with Gasteiger partial charge in [0.1, 0.15) is 0 Å². The summed E-state index contributed by atoms with van der Waals surface area (Å²) in [4.78, 5) is 4.29. The van der Waals surface area contributed by atoms with Crippen LogP contribution < -0.4 is 11.1 Å². The van der Waals surface area contributed by atoms with E-state index in [4.69, 9.17) is 5.73 Å². The molecule has 88 valence electrons. The molecular formula is C12H25N3. The van der Waals surface area contributed by atoms with Gasteiger partial charge >= 0.3 is 0 Å². The molecule has 1 rings (SSSR count). The molecular weight excluding hydrogens is 186 g/mol. The highest BCUT2D eigenvalue weighted by Crippen LogP contribution is 2.29. The molecule has 0 aromatic rings. The molecule has 3 heteroatoms. The van der Waals surface area contributed by atoms with Crippen LogP contribution in [-0.4, -0.2) is 19.0 Å². The first-order chi connectivity index (χ1) is 7.08. The molecule has 1 fully saturated rings. The molecule has 0 bridgehead atoms. The Labute approximate surface area is 93.5 Å². The van der Waals surface area contributed by atoms with E-state index in [9.17, 15) is 0 Å². The van der Waals surface area contributed by atoms with Crippen molar-refractivity contribution in [2.45, 2.75) is 40.0 Å². The maximum absolute atomic E-state index is 5.77. The number of nitrogens with two attached hydrogens (primary N) is 1. The van der Waals surface area contributed by atoms with Crippen molar-refractivity contribution in [3.8, 4) is 0 Å². The van der Waals surface area contributed by atoms with Crippen LogP contribution in [0.15, 0.2) is 4.99 Å². The SMILES string of the molecule is CC(C)CN=C(N)NCC1CCC(C)C1. The monoisotopic (exact) mass is 211 g/mol. The van der Waals surface area contributed by atoms with E-state index in [1.807, 2.05) is 0 Å². The summed E-state index contributed by atoms with van der Waals surface area (Å²) in [5.41, 5.74) is 5.77. The standard InChI is InChI=1S/C12H25N3/c1-9(2)7-14-12(13)15-8-11-5-4-10(3)6-11/h9-11H,4-8H2,1-3H3,(H3,13,14,15). The van der Waals surface area contributed by atoms with Crippen LogP contribution in [0.3, 0.4) is 0 Å². The fraction of sp³-hybridized carbons (Fsp3) is 0.917. The van der Waals surface area contributed by atoms with Gasteiger partial charge in [0.15, 0.2) is 5.96 Å². The Morgan fingerprint density at radius 2 is 2.20 bits per heavy atom. The van der Waals surface area contributed by atoms with Crippen LogP contribution in [0.5, 0.6) is 0 Å². The van der Waals surface area contributed by atoms with Crippen LogP contribution in [0.4, 0.5) is 0 Å². The van der Waals surface area contributed by atoms with Gasteiger partial charge in [-0.2, -0.15) is 0 Å². The van der Waals surface area contributed by atoms with E-state index in [1.165, 1.54) is 19.3 Å². The Morgan fingerprint density at radius 3 is 2.73 bits per heavy atom. The van der Waals surface area contributed by atoms with E-state index >= 15 is 0 Å². The van der Waals surface area contributed by atoms with E-state index in [0.29, 0.717) is 11.9 Å². The molecule has 1 saturated carbocycles. The first-order valence-electron chi connectivity index (χ1n) is 6.11. The van der Waals surface area contributed by atoms with Gasteiger partial charge in [0.25, 0.3) is 0 Å². The minimum absolute atomic E-state index is 0.580. The lowest BCUT2D eigenvalue weighted by atomic mass is 10.1. The summed E-state index contributed by atoms with van der Waals surface area (Å²) in [5.74, 6) is 2.89. The Bertz CT molecular complexity index is 211. The van der Waals surface area contributed by atoms with Gasteiger partial charge in [-0.1, -0.05) is 27.2 Å². The smallest absolute Gasteiger partial charge is 0.188 e. The summed E-state index contributed by atoms with van der Waals surface area (Å²) in [6.07, 6.45) is 4.05. The van der Waals surface area contributed by atoms with Crippen molar-refractivity contribution in [2.75, 3.05) is 13.1 Å². The lowest BCUT2D eigenvalue weighted by Crippen LogP contribution is -2.35. The fourth-order valence-corrected chi connectivity index (χ4v) is 2.10. The Morgan fingerprint density at radius 1 is 1.47 bits per heavy atom. The second kappa shape index (κ2) is 5.99. The highest BCUT2D eigenvalue weighted by Gasteiger charge is 2.20. The van der Waals surface area contributed by atoms with E-state index < -0.39 is 0 Å². The predicted octanol–water partition coefficient (Wildman–Crippen LogP) is 1.98. The molecule has 0 saturated heterocycles. The van der Waals surface area contributed by atoms with Crippen molar-refractivity contribution in [2.24, 2.45) is 28.5 Å². The fourth-order valence-electron chi connectivity index (χ4n) is 2.10. The molecule has 0 radical (unpaired) electrons. The second-order valence-corrected chi connectivity index (χ2v) is 5.28. The molecule has 0 spiro atoms. The molecule has 3 N–H and O–H groups in total. The maximum Gasteiger partial charge on any atom is 0.188 e. The van der Waals surface area contributed by atoms with E-state index in [0.717, 1.165) is 24.9 Å². The van der Waals surface area contributed by atoms with Gasteiger partial charge in [0.05, 0.1) is 0 Å². The van der Waals surface area contributed by atoms with Crippen molar-refractivity contribution in [3.63, 3.8) is 0 Å². The summed E-state index contributed by atoms with van der Waals surface area (Å²) in [5, 5.41) is 3.23. The third kappa shape index (κ3) is 5.05. The molecule has 0 heterocycles. The zero-order valence-corrected chi connectivity index (χ0v) is 10.3. The zero-order chi connectivity index (χ0) is 11.3. The number of rotatable bonds is 4. The number of hydrogen-bond donors (Lipinski definition) is 2. The zero-order valence-electron chi connectivity index (χ0n) is 10.3. The Kier molecular flexibility index (Phi) is 4.92. The summed E-state index contributed by atoms with van der Waals surface area (Å²) >= 11 is 0. The van der Waals surface area contributed by atoms with Gasteiger partial charge in [-0.05, 0) is 30.6 Å². The number of nitrogens with zero attached hydrogens (tertiary/aromatic N) is 1. The highest BCUT2D eigenvalue weighted by molar-refractivity contribution is 5.77. The molecule has 15 heavy (non-hydrogen) atoms. The Hall–Kier alpha value is -0.730. The first kappa shape index (κ1) is 12.3. The van der Waals surface area contributed by atoms with Gasteiger partial charge in [-0.25, -0.2) is 0 Å². The third-order valence-electron chi connectivity index (χ3n) is 3.00. The topological polar surface area (TPSA) is 50.4 Å². The lowest BCUT2D eigenvalue weighted by molar-refractivity contribution is 0.505. The summed E-state index contributed by atoms with van der Waals surface area (Å²) in [6.45, 7) is 8.44. The average molecular weight is 211 g/mol. The van der Waals surface area contributed by atoms with Crippen LogP contribution in [0.1, 0.15) is 40.0 Å². The van der Waals surface area contributed by atoms with E-state index in [2.05, 4.69) is 31.1 Å². The second-order valence-electron chi connectivity index (χ2n) is 5.28. The van der Waals surface area contributed by atoms with Crippen molar-refractivity contribution in [1.82, 2.24) is 5.32 Å². The normalized spacial score (nSPS) is 27.3. The molecule has 0 amide bonds. The van der Waals surface area contributed by atoms with E-state index in [-0.39, 0.29) is 0 Å². The predicted molar refractivity (Wildman–Crippen MR) is 65.8 cm³/mol. The largest absolute Gasteiger partial charge is 0.370 e. The van der Waals surface area contributed by atoms with E-state index in [1.54, 1.807) is 0 Å². The van der Waals surface area contributed by atoms with Crippen molar-refractivity contribution in [1.29, 1.82) is 0 Å². The van der Waals surface area contributed by atoms with Crippen molar-refractivity contribution < 1.29 is 0 Å². The third-order valence-corrected chi connectivity index (χ3v) is 3.00. The van der Waals surface area contributed by atoms with Gasteiger partial charge in [-0.15, -0.1) is 0 Å². The minimum Gasteiger partial charge on any atom is -0.370 e.